The Kier molecular flexibility index (Phi) is 6.95. The first kappa shape index (κ1) is 16.9. The van der Waals surface area contributed by atoms with Gasteiger partial charge in [0.2, 0.25) is 5.91 Å². The molecule has 1 rings (SSSR count). The number of amides is 1. The highest BCUT2D eigenvalue weighted by atomic mass is 16.5. The van der Waals surface area contributed by atoms with Crippen LogP contribution in [-0.2, 0) is 19.1 Å². The van der Waals surface area contributed by atoms with E-state index in [0.717, 1.165) is 19.4 Å². The van der Waals surface area contributed by atoms with Gasteiger partial charge in [0.05, 0.1) is 19.3 Å². The van der Waals surface area contributed by atoms with Crippen LogP contribution in [0.5, 0.6) is 0 Å². The largest absolute Gasteiger partial charge is 0.480 e. The lowest BCUT2D eigenvalue weighted by molar-refractivity contribution is -0.147. The van der Waals surface area contributed by atoms with Crippen molar-refractivity contribution >= 4 is 11.9 Å². The summed E-state index contributed by atoms with van der Waals surface area (Å²) in [6, 6.07) is 0. The van der Waals surface area contributed by atoms with Crippen molar-refractivity contribution in [2.24, 2.45) is 0 Å². The molecule has 0 aromatic rings. The quantitative estimate of drug-likeness (QED) is 0.625. The van der Waals surface area contributed by atoms with E-state index in [-0.39, 0.29) is 25.0 Å². The molecule has 2 N–H and O–H groups in total. The van der Waals surface area contributed by atoms with E-state index in [9.17, 15) is 9.59 Å². The van der Waals surface area contributed by atoms with Gasteiger partial charge in [0.15, 0.2) is 0 Å². The first-order chi connectivity index (χ1) is 9.48. The Hall–Kier alpha value is -1.14. The zero-order valence-electron chi connectivity index (χ0n) is 12.3. The first-order valence-corrected chi connectivity index (χ1v) is 7.21. The normalized spacial score (nSPS) is 21.4. The van der Waals surface area contributed by atoms with Gasteiger partial charge < -0.3 is 19.9 Å². The summed E-state index contributed by atoms with van der Waals surface area (Å²) in [6.07, 6.45) is 3.47. The zero-order chi connectivity index (χ0) is 15.0. The van der Waals surface area contributed by atoms with Crippen LogP contribution in [0.3, 0.4) is 0 Å². The maximum Gasteiger partial charge on any atom is 0.329 e. The van der Waals surface area contributed by atoms with Crippen molar-refractivity contribution in [3.05, 3.63) is 0 Å². The van der Waals surface area contributed by atoms with Crippen LogP contribution in [0.1, 0.15) is 46.0 Å². The third kappa shape index (κ3) is 5.46. The molecule has 0 spiro atoms. The molecule has 0 aliphatic carbocycles. The number of hydrogen-bond donors (Lipinski definition) is 2. The monoisotopic (exact) mass is 287 g/mol. The molecular formula is C14H25NO5. The minimum atomic E-state index is -1.19. The lowest BCUT2D eigenvalue weighted by Gasteiger charge is -2.25. The summed E-state index contributed by atoms with van der Waals surface area (Å²) < 4.78 is 10.8. The molecule has 0 bridgehead atoms. The first-order valence-electron chi connectivity index (χ1n) is 7.21. The molecule has 1 heterocycles. The number of nitrogens with one attached hydrogen (secondary N) is 1. The van der Waals surface area contributed by atoms with Gasteiger partial charge in [-0.2, -0.15) is 0 Å². The van der Waals surface area contributed by atoms with Crippen molar-refractivity contribution in [3.63, 3.8) is 0 Å². The maximum absolute atomic E-state index is 11.7. The third-order valence-corrected chi connectivity index (χ3v) is 3.44. The van der Waals surface area contributed by atoms with E-state index < -0.39 is 11.5 Å². The summed E-state index contributed by atoms with van der Waals surface area (Å²) in [5.74, 6) is -1.30. The van der Waals surface area contributed by atoms with Crippen LogP contribution in [0, 0.1) is 0 Å². The van der Waals surface area contributed by atoms with Gasteiger partial charge in [0.1, 0.15) is 5.54 Å². The second-order valence-electron chi connectivity index (χ2n) is 5.40. The SMILES string of the molecule is CCCC(C)(NC(=O)CCOCC1CCCO1)C(=O)O. The average Bonchev–Trinajstić information content (AvgIpc) is 2.87. The Bertz CT molecular complexity index is 328. The van der Waals surface area contributed by atoms with E-state index in [1.807, 2.05) is 6.92 Å². The number of ether oxygens (including phenoxy) is 2. The highest BCUT2D eigenvalue weighted by Gasteiger charge is 2.33. The predicted octanol–water partition coefficient (Wildman–Crippen LogP) is 1.33. The number of aliphatic carboxylic acids is 1. The molecule has 1 aliphatic rings. The van der Waals surface area contributed by atoms with Crippen molar-refractivity contribution in [1.29, 1.82) is 0 Å². The smallest absolute Gasteiger partial charge is 0.329 e. The summed E-state index contributed by atoms with van der Waals surface area (Å²) in [7, 11) is 0. The topological polar surface area (TPSA) is 84.9 Å². The molecule has 0 aromatic carbocycles. The Morgan fingerprint density at radius 2 is 2.25 bits per heavy atom. The predicted molar refractivity (Wildman–Crippen MR) is 73.5 cm³/mol. The summed E-state index contributed by atoms with van der Waals surface area (Å²) in [4.78, 5) is 22.9. The van der Waals surface area contributed by atoms with Crippen molar-refractivity contribution in [2.75, 3.05) is 19.8 Å². The van der Waals surface area contributed by atoms with Gasteiger partial charge in [0, 0.05) is 13.0 Å². The van der Waals surface area contributed by atoms with Crippen LogP contribution in [-0.4, -0.2) is 48.4 Å². The summed E-state index contributed by atoms with van der Waals surface area (Å²) in [5.41, 5.74) is -1.19. The van der Waals surface area contributed by atoms with E-state index in [0.29, 0.717) is 19.4 Å². The average molecular weight is 287 g/mol. The zero-order valence-corrected chi connectivity index (χ0v) is 12.3. The van der Waals surface area contributed by atoms with Gasteiger partial charge in [-0.25, -0.2) is 4.79 Å². The number of carboxylic acid groups (broad SMARTS) is 1. The molecule has 1 aliphatic heterocycles. The van der Waals surface area contributed by atoms with Gasteiger partial charge in [-0.15, -0.1) is 0 Å². The Labute approximate surface area is 119 Å². The van der Waals surface area contributed by atoms with Crippen LogP contribution in [0.25, 0.3) is 0 Å². The standard InChI is InChI=1S/C14H25NO5/c1-3-7-14(2,13(17)18)15-12(16)6-9-19-10-11-5-4-8-20-11/h11H,3-10H2,1-2H3,(H,15,16)(H,17,18). The van der Waals surface area contributed by atoms with E-state index in [1.54, 1.807) is 0 Å². The van der Waals surface area contributed by atoms with Gasteiger partial charge in [0.25, 0.3) is 0 Å². The Balaban J connectivity index is 2.22. The number of carbonyl (C=O) groups excluding carboxylic acids is 1. The van der Waals surface area contributed by atoms with E-state index in [2.05, 4.69) is 5.32 Å². The Morgan fingerprint density at radius 1 is 1.50 bits per heavy atom. The summed E-state index contributed by atoms with van der Waals surface area (Å²) >= 11 is 0. The second kappa shape index (κ2) is 8.21. The lowest BCUT2D eigenvalue weighted by atomic mass is 9.96. The molecular weight excluding hydrogens is 262 g/mol. The molecule has 6 nitrogen and oxygen atoms in total. The molecule has 6 heteroatoms. The van der Waals surface area contributed by atoms with Crippen molar-refractivity contribution in [3.8, 4) is 0 Å². The number of carboxylic acids is 1. The molecule has 2 unspecified atom stereocenters. The van der Waals surface area contributed by atoms with E-state index in [4.69, 9.17) is 14.6 Å². The fraction of sp³-hybridized carbons (Fsp3) is 0.857. The molecule has 0 aromatic heterocycles. The van der Waals surface area contributed by atoms with Gasteiger partial charge >= 0.3 is 5.97 Å². The Morgan fingerprint density at radius 3 is 2.80 bits per heavy atom. The maximum atomic E-state index is 11.7. The van der Waals surface area contributed by atoms with Crippen molar-refractivity contribution in [1.82, 2.24) is 5.32 Å². The van der Waals surface area contributed by atoms with Crippen LogP contribution < -0.4 is 5.32 Å². The minimum absolute atomic E-state index is 0.141. The van der Waals surface area contributed by atoms with Crippen LogP contribution in [0.4, 0.5) is 0 Å². The van der Waals surface area contributed by atoms with Crippen LogP contribution >= 0.6 is 0 Å². The second-order valence-corrected chi connectivity index (χ2v) is 5.40. The molecule has 20 heavy (non-hydrogen) atoms. The van der Waals surface area contributed by atoms with E-state index in [1.165, 1.54) is 6.92 Å². The fourth-order valence-corrected chi connectivity index (χ4v) is 2.25. The van der Waals surface area contributed by atoms with Crippen LogP contribution in [0.2, 0.25) is 0 Å². The molecule has 1 amide bonds. The molecule has 116 valence electrons. The molecule has 1 saturated heterocycles. The number of hydrogen-bond acceptors (Lipinski definition) is 4. The molecule has 0 radical (unpaired) electrons. The number of carbonyl (C=O) groups is 2. The van der Waals surface area contributed by atoms with Crippen molar-refractivity contribution < 1.29 is 24.2 Å². The minimum Gasteiger partial charge on any atom is -0.480 e. The van der Waals surface area contributed by atoms with Gasteiger partial charge in [-0.3, -0.25) is 4.79 Å². The summed E-state index contributed by atoms with van der Waals surface area (Å²) in [5, 5.41) is 11.7. The fourth-order valence-electron chi connectivity index (χ4n) is 2.25. The third-order valence-electron chi connectivity index (χ3n) is 3.44. The van der Waals surface area contributed by atoms with Crippen molar-refractivity contribution in [2.45, 2.75) is 57.6 Å². The van der Waals surface area contributed by atoms with E-state index >= 15 is 0 Å². The highest BCUT2D eigenvalue weighted by molar-refractivity contribution is 5.86. The highest BCUT2D eigenvalue weighted by Crippen LogP contribution is 2.13. The number of rotatable bonds is 9. The van der Waals surface area contributed by atoms with Crippen LogP contribution in [0.15, 0.2) is 0 Å². The lowest BCUT2D eigenvalue weighted by Crippen LogP contribution is -2.52. The molecule has 2 atom stereocenters. The molecule has 0 saturated carbocycles. The van der Waals surface area contributed by atoms with Gasteiger partial charge in [-0.05, 0) is 26.2 Å². The molecule has 1 fully saturated rings. The summed E-state index contributed by atoms with van der Waals surface area (Å²) in [6.45, 7) is 4.98. The van der Waals surface area contributed by atoms with Gasteiger partial charge in [-0.1, -0.05) is 13.3 Å².